The average Bonchev–Trinajstić information content (AvgIpc) is 2.73. The van der Waals surface area contributed by atoms with Crippen LogP contribution in [0.2, 0.25) is 0 Å². The van der Waals surface area contributed by atoms with E-state index in [9.17, 15) is 29.4 Å². The molecule has 32 heavy (non-hydrogen) atoms. The quantitative estimate of drug-likeness (QED) is 0.275. The Bertz CT molecular complexity index is 1050. The zero-order valence-corrected chi connectivity index (χ0v) is 18.9. The highest BCUT2D eigenvalue weighted by Gasteiger charge is 2.36. The summed E-state index contributed by atoms with van der Waals surface area (Å²) < 4.78 is 5.34. The average molecular weight is 440 g/mol. The molecule has 2 N–H and O–H groups in total. The van der Waals surface area contributed by atoms with Crippen molar-refractivity contribution in [3.8, 4) is 0 Å². The van der Waals surface area contributed by atoms with E-state index in [0.717, 1.165) is 0 Å². The molecule has 0 saturated carbocycles. The van der Waals surface area contributed by atoms with Crippen LogP contribution in [0.4, 0.5) is 0 Å². The molecular weight excluding hydrogens is 412 g/mol. The minimum atomic E-state index is -1.62. The Morgan fingerprint density at radius 1 is 1.03 bits per heavy atom. The smallest absolute Gasteiger partial charge is 0.333 e. The van der Waals surface area contributed by atoms with Crippen LogP contribution >= 0.6 is 0 Å². The summed E-state index contributed by atoms with van der Waals surface area (Å²) in [5.41, 5.74) is -1.64. The molecule has 2 rings (SSSR count). The van der Waals surface area contributed by atoms with E-state index in [1.807, 2.05) is 0 Å². The number of carbonyl (C=O) groups is 4. The van der Waals surface area contributed by atoms with Gasteiger partial charge in [-0.1, -0.05) is 50.3 Å². The SMILES string of the molecule is CC(=O)C(C)(O)/C=C/C=C(\C)C(=O)OCC(C)(C)CC1=C(O)c2ccccc2C(=O)C1=O. The van der Waals surface area contributed by atoms with Crippen molar-refractivity contribution in [1.29, 1.82) is 0 Å². The zero-order valence-electron chi connectivity index (χ0n) is 18.9. The number of hydrogen-bond acceptors (Lipinski definition) is 7. The number of allylic oxidation sites excluding steroid dienone is 3. The van der Waals surface area contributed by atoms with E-state index in [1.54, 1.807) is 32.0 Å². The lowest BCUT2D eigenvalue weighted by atomic mass is 9.79. The number of ether oxygens (including phenoxy) is 1. The third kappa shape index (κ3) is 5.68. The van der Waals surface area contributed by atoms with Gasteiger partial charge in [0, 0.05) is 27.7 Å². The van der Waals surface area contributed by atoms with E-state index in [0.29, 0.717) is 5.56 Å². The number of benzene rings is 1. The number of rotatable bonds is 8. The number of hydrogen-bond donors (Lipinski definition) is 2. The maximum atomic E-state index is 12.5. The molecule has 7 nitrogen and oxygen atoms in total. The van der Waals surface area contributed by atoms with Gasteiger partial charge in [-0.2, -0.15) is 0 Å². The van der Waals surface area contributed by atoms with E-state index in [-0.39, 0.29) is 35.5 Å². The van der Waals surface area contributed by atoms with E-state index < -0.39 is 34.3 Å². The van der Waals surface area contributed by atoms with Crippen LogP contribution in [0.15, 0.2) is 53.6 Å². The van der Waals surface area contributed by atoms with Gasteiger partial charge < -0.3 is 14.9 Å². The van der Waals surface area contributed by atoms with Crippen LogP contribution in [0.25, 0.3) is 5.76 Å². The normalized spacial score (nSPS) is 16.8. The fraction of sp³-hybridized carbons (Fsp3) is 0.360. The van der Waals surface area contributed by atoms with Gasteiger partial charge in [0.2, 0.25) is 11.6 Å². The highest BCUT2D eigenvalue weighted by molar-refractivity contribution is 6.52. The first-order chi connectivity index (χ1) is 14.8. The Labute approximate surface area is 187 Å². The lowest BCUT2D eigenvalue weighted by Crippen LogP contribution is -2.30. The molecule has 1 aliphatic rings. The molecule has 0 fully saturated rings. The van der Waals surface area contributed by atoms with Crippen LogP contribution in [0.1, 0.15) is 57.0 Å². The van der Waals surface area contributed by atoms with Gasteiger partial charge in [0.15, 0.2) is 5.78 Å². The molecule has 0 aliphatic heterocycles. The summed E-state index contributed by atoms with van der Waals surface area (Å²) in [5.74, 6) is -2.71. The van der Waals surface area contributed by atoms with Gasteiger partial charge in [-0.3, -0.25) is 14.4 Å². The fourth-order valence-corrected chi connectivity index (χ4v) is 3.05. The van der Waals surface area contributed by atoms with Crippen molar-refractivity contribution >= 4 is 29.1 Å². The molecule has 1 aromatic rings. The maximum Gasteiger partial charge on any atom is 0.333 e. The number of Topliss-reactive ketones (excluding diaryl/α,β-unsaturated/α-hetero) is 3. The monoisotopic (exact) mass is 440 g/mol. The molecule has 0 spiro atoms. The number of aliphatic hydroxyl groups excluding tert-OH is 1. The molecule has 0 radical (unpaired) electrons. The van der Waals surface area contributed by atoms with Crippen LogP contribution in [0, 0.1) is 5.41 Å². The van der Waals surface area contributed by atoms with E-state index in [2.05, 4.69) is 0 Å². The molecule has 0 amide bonds. The minimum absolute atomic E-state index is 0.00332. The summed E-state index contributed by atoms with van der Waals surface area (Å²) in [5, 5.41) is 20.5. The predicted molar refractivity (Wildman–Crippen MR) is 119 cm³/mol. The molecule has 0 saturated heterocycles. The second-order valence-electron chi connectivity index (χ2n) is 8.86. The molecule has 170 valence electrons. The Kier molecular flexibility index (Phi) is 7.36. The van der Waals surface area contributed by atoms with Gasteiger partial charge in [-0.05, 0) is 33.3 Å². The molecular formula is C25H28O7. The summed E-state index contributed by atoms with van der Waals surface area (Å²) in [6.45, 7) is 7.57. The topological polar surface area (TPSA) is 118 Å². The second-order valence-corrected chi connectivity index (χ2v) is 8.86. The maximum absolute atomic E-state index is 12.5. The van der Waals surface area contributed by atoms with Crippen LogP contribution in [0.5, 0.6) is 0 Å². The molecule has 1 atom stereocenters. The lowest BCUT2D eigenvalue weighted by Gasteiger charge is -2.27. The number of ketones is 3. The predicted octanol–water partition coefficient (Wildman–Crippen LogP) is 3.52. The van der Waals surface area contributed by atoms with E-state index >= 15 is 0 Å². The molecule has 1 aliphatic carbocycles. The van der Waals surface area contributed by atoms with Gasteiger partial charge >= 0.3 is 5.97 Å². The molecule has 7 heteroatoms. The Morgan fingerprint density at radius 3 is 2.22 bits per heavy atom. The Balaban J connectivity index is 2.09. The first-order valence-corrected chi connectivity index (χ1v) is 10.1. The molecule has 1 unspecified atom stereocenters. The van der Waals surface area contributed by atoms with Gasteiger partial charge in [-0.25, -0.2) is 4.79 Å². The lowest BCUT2D eigenvalue weighted by molar-refractivity contribution is -0.141. The van der Waals surface area contributed by atoms with Crippen LogP contribution < -0.4 is 0 Å². The minimum Gasteiger partial charge on any atom is -0.507 e. The van der Waals surface area contributed by atoms with E-state index in [1.165, 1.54) is 45.1 Å². The van der Waals surface area contributed by atoms with E-state index in [4.69, 9.17) is 4.74 Å². The van der Waals surface area contributed by atoms with Crippen molar-refractivity contribution in [3.05, 3.63) is 64.8 Å². The Morgan fingerprint density at radius 2 is 1.62 bits per heavy atom. The number of aliphatic hydroxyl groups is 2. The number of esters is 1. The van der Waals surface area contributed by atoms with Crippen molar-refractivity contribution in [2.45, 2.75) is 46.6 Å². The Hall–Kier alpha value is -3.32. The largest absolute Gasteiger partial charge is 0.507 e. The first kappa shape index (κ1) is 24.9. The number of carbonyl (C=O) groups excluding carboxylic acids is 4. The van der Waals surface area contributed by atoms with Crippen molar-refractivity contribution in [2.75, 3.05) is 6.61 Å². The summed E-state index contributed by atoms with van der Waals surface area (Å²) >= 11 is 0. The van der Waals surface area contributed by atoms with Gasteiger partial charge in [-0.15, -0.1) is 0 Å². The van der Waals surface area contributed by atoms with Crippen molar-refractivity contribution in [1.82, 2.24) is 0 Å². The highest BCUT2D eigenvalue weighted by atomic mass is 16.5. The molecule has 1 aromatic carbocycles. The van der Waals surface area contributed by atoms with Crippen LogP contribution in [-0.4, -0.2) is 45.7 Å². The van der Waals surface area contributed by atoms with Crippen LogP contribution in [-0.2, 0) is 19.1 Å². The zero-order chi connectivity index (χ0) is 24.3. The molecule has 0 bridgehead atoms. The summed E-state index contributed by atoms with van der Waals surface area (Å²) in [4.78, 5) is 48.5. The van der Waals surface area contributed by atoms with Gasteiger partial charge in [0.1, 0.15) is 11.4 Å². The van der Waals surface area contributed by atoms with Crippen molar-refractivity contribution < 1.29 is 34.1 Å². The third-order valence-electron chi connectivity index (χ3n) is 5.24. The fourth-order valence-electron chi connectivity index (χ4n) is 3.05. The van der Waals surface area contributed by atoms with Gasteiger partial charge in [0.05, 0.1) is 6.61 Å². The first-order valence-electron chi connectivity index (χ1n) is 10.1. The summed E-state index contributed by atoms with van der Waals surface area (Å²) in [6.07, 6.45) is 4.13. The third-order valence-corrected chi connectivity index (χ3v) is 5.24. The summed E-state index contributed by atoms with van der Waals surface area (Å²) in [6, 6.07) is 6.36. The summed E-state index contributed by atoms with van der Waals surface area (Å²) in [7, 11) is 0. The molecule has 0 heterocycles. The van der Waals surface area contributed by atoms with Gasteiger partial charge in [0.25, 0.3) is 0 Å². The standard InChI is InChI=1S/C25H28O7/c1-15(9-8-12-25(5,31)16(2)26)23(30)32-14-24(3,4)13-19-20(27)17-10-6-7-11-18(17)21(28)22(19)29/h6-12,27,31H,13-14H2,1-5H3/b12-8+,15-9+. The molecule has 0 aromatic heterocycles. The number of fused-ring (bicyclic) bond motifs is 1. The highest BCUT2D eigenvalue weighted by Crippen LogP contribution is 2.35. The van der Waals surface area contributed by atoms with Crippen molar-refractivity contribution in [3.63, 3.8) is 0 Å². The van der Waals surface area contributed by atoms with Crippen LogP contribution in [0.3, 0.4) is 0 Å². The van der Waals surface area contributed by atoms with Crippen molar-refractivity contribution in [2.24, 2.45) is 5.41 Å². The second kappa shape index (κ2) is 9.44.